The summed E-state index contributed by atoms with van der Waals surface area (Å²) in [6, 6.07) is 3.77. The zero-order valence-corrected chi connectivity index (χ0v) is 9.27. The van der Waals surface area contributed by atoms with Gasteiger partial charge in [0.15, 0.2) is 0 Å². The lowest BCUT2D eigenvalue weighted by Crippen LogP contribution is -1.99. The Morgan fingerprint density at radius 3 is 2.71 bits per heavy atom. The molecule has 0 unspecified atom stereocenters. The smallest absolute Gasteiger partial charge is 0.122 e. The van der Waals surface area contributed by atoms with E-state index in [9.17, 15) is 0 Å². The summed E-state index contributed by atoms with van der Waals surface area (Å²) >= 11 is 5.98. The van der Waals surface area contributed by atoms with Crippen molar-refractivity contribution in [3.05, 3.63) is 28.3 Å². The van der Waals surface area contributed by atoms with E-state index < -0.39 is 0 Å². The van der Waals surface area contributed by atoms with Crippen LogP contribution >= 0.6 is 11.6 Å². The first-order chi connectivity index (χ1) is 6.69. The van der Waals surface area contributed by atoms with Gasteiger partial charge in [0.1, 0.15) is 5.75 Å². The van der Waals surface area contributed by atoms with E-state index in [-0.39, 0.29) is 6.61 Å². The van der Waals surface area contributed by atoms with Crippen molar-refractivity contribution in [3.63, 3.8) is 0 Å². The normalized spacial score (nSPS) is 10.3. The fourth-order valence-corrected chi connectivity index (χ4v) is 1.49. The molecule has 14 heavy (non-hydrogen) atoms. The van der Waals surface area contributed by atoms with Crippen LogP contribution < -0.4 is 4.74 Å². The number of aliphatic hydroxyl groups is 1. The SMILES string of the molecule is CCOc1cc(C)c(Cl)cc1CCO. The van der Waals surface area contributed by atoms with Crippen LogP contribution in [0, 0.1) is 6.92 Å². The lowest BCUT2D eigenvalue weighted by Gasteiger charge is -2.11. The van der Waals surface area contributed by atoms with E-state index in [2.05, 4.69) is 0 Å². The highest BCUT2D eigenvalue weighted by molar-refractivity contribution is 6.31. The molecule has 1 aromatic carbocycles. The first kappa shape index (κ1) is 11.3. The van der Waals surface area contributed by atoms with Gasteiger partial charge >= 0.3 is 0 Å². The Hall–Kier alpha value is -0.730. The molecule has 78 valence electrons. The quantitative estimate of drug-likeness (QED) is 0.835. The van der Waals surface area contributed by atoms with Gasteiger partial charge in [-0.15, -0.1) is 0 Å². The van der Waals surface area contributed by atoms with E-state index in [0.29, 0.717) is 13.0 Å². The molecule has 0 atom stereocenters. The number of benzene rings is 1. The van der Waals surface area contributed by atoms with E-state index >= 15 is 0 Å². The minimum Gasteiger partial charge on any atom is -0.494 e. The molecule has 0 spiro atoms. The average molecular weight is 215 g/mol. The molecule has 0 aliphatic heterocycles. The van der Waals surface area contributed by atoms with Gasteiger partial charge in [0, 0.05) is 11.6 Å². The van der Waals surface area contributed by atoms with E-state index in [1.165, 1.54) is 0 Å². The van der Waals surface area contributed by atoms with E-state index in [1.54, 1.807) is 0 Å². The maximum atomic E-state index is 8.87. The van der Waals surface area contributed by atoms with Crippen molar-refractivity contribution in [2.24, 2.45) is 0 Å². The molecule has 0 fully saturated rings. The van der Waals surface area contributed by atoms with E-state index in [4.69, 9.17) is 21.4 Å². The molecule has 1 aromatic rings. The number of ether oxygens (including phenoxy) is 1. The summed E-state index contributed by atoms with van der Waals surface area (Å²) in [5.74, 6) is 0.823. The molecular formula is C11H15ClO2. The van der Waals surface area contributed by atoms with Gasteiger partial charge in [0.05, 0.1) is 6.61 Å². The van der Waals surface area contributed by atoms with Crippen LogP contribution in [-0.2, 0) is 6.42 Å². The van der Waals surface area contributed by atoms with Crippen molar-refractivity contribution in [3.8, 4) is 5.75 Å². The minimum atomic E-state index is 0.111. The zero-order chi connectivity index (χ0) is 10.6. The first-order valence-electron chi connectivity index (χ1n) is 4.71. The fraction of sp³-hybridized carbons (Fsp3) is 0.455. The van der Waals surface area contributed by atoms with Crippen LogP contribution in [0.3, 0.4) is 0 Å². The lowest BCUT2D eigenvalue weighted by molar-refractivity contribution is 0.292. The molecule has 0 saturated carbocycles. The van der Waals surface area contributed by atoms with Crippen LogP contribution in [-0.4, -0.2) is 18.3 Å². The summed E-state index contributed by atoms with van der Waals surface area (Å²) in [4.78, 5) is 0. The van der Waals surface area contributed by atoms with Crippen molar-refractivity contribution in [1.82, 2.24) is 0 Å². The van der Waals surface area contributed by atoms with Crippen LogP contribution in [0.2, 0.25) is 5.02 Å². The molecule has 0 saturated heterocycles. The summed E-state index contributed by atoms with van der Waals surface area (Å²) in [7, 11) is 0. The third kappa shape index (κ3) is 2.63. The van der Waals surface area contributed by atoms with E-state index in [1.807, 2.05) is 26.0 Å². The number of rotatable bonds is 4. The van der Waals surface area contributed by atoms with Crippen molar-refractivity contribution < 1.29 is 9.84 Å². The molecular weight excluding hydrogens is 200 g/mol. The molecule has 3 heteroatoms. The Labute approximate surface area is 89.5 Å². The molecule has 0 bridgehead atoms. The predicted octanol–water partition coefficient (Wildman–Crippen LogP) is 2.58. The number of halogens is 1. The molecule has 1 rings (SSSR count). The van der Waals surface area contributed by atoms with Gasteiger partial charge in [0.25, 0.3) is 0 Å². The molecule has 0 aromatic heterocycles. The molecule has 0 aliphatic carbocycles. The summed E-state index contributed by atoms with van der Waals surface area (Å²) in [6.45, 7) is 4.61. The van der Waals surface area contributed by atoms with Crippen LogP contribution in [0.25, 0.3) is 0 Å². The Balaban J connectivity index is 3.03. The Bertz CT molecular complexity index is 279. The number of hydrogen-bond donors (Lipinski definition) is 1. The molecule has 0 heterocycles. The summed E-state index contributed by atoms with van der Waals surface area (Å²) in [5, 5.41) is 9.59. The van der Waals surface area contributed by atoms with Gasteiger partial charge in [0.2, 0.25) is 0 Å². The van der Waals surface area contributed by atoms with Crippen molar-refractivity contribution in [1.29, 1.82) is 0 Å². The third-order valence-electron chi connectivity index (χ3n) is 2.02. The molecule has 1 N–H and O–H groups in total. The van der Waals surface area contributed by atoms with Gasteiger partial charge in [-0.1, -0.05) is 11.6 Å². The highest BCUT2D eigenvalue weighted by Crippen LogP contribution is 2.27. The first-order valence-corrected chi connectivity index (χ1v) is 5.09. The van der Waals surface area contributed by atoms with Crippen LogP contribution in [0.5, 0.6) is 5.75 Å². The van der Waals surface area contributed by atoms with Crippen molar-refractivity contribution >= 4 is 11.6 Å². The van der Waals surface area contributed by atoms with Gasteiger partial charge in [-0.2, -0.15) is 0 Å². The third-order valence-corrected chi connectivity index (χ3v) is 2.43. The molecule has 2 nitrogen and oxygen atoms in total. The minimum absolute atomic E-state index is 0.111. The Kier molecular flexibility index (Phi) is 4.23. The average Bonchev–Trinajstić information content (AvgIpc) is 2.14. The standard InChI is InChI=1S/C11H15ClO2/c1-3-14-11-6-8(2)10(12)7-9(11)4-5-13/h6-7,13H,3-5H2,1-2H3. The predicted molar refractivity (Wildman–Crippen MR) is 58.1 cm³/mol. The number of aliphatic hydroxyl groups excluding tert-OH is 1. The lowest BCUT2D eigenvalue weighted by atomic mass is 10.1. The van der Waals surface area contributed by atoms with Gasteiger partial charge in [-0.05, 0) is 43.5 Å². The summed E-state index contributed by atoms with van der Waals surface area (Å²) in [6.07, 6.45) is 0.579. The van der Waals surface area contributed by atoms with E-state index in [0.717, 1.165) is 21.9 Å². The largest absolute Gasteiger partial charge is 0.494 e. The maximum absolute atomic E-state index is 8.87. The second-order valence-corrected chi connectivity index (χ2v) is 3.52. The fourth-order valence-electron chi connectivity index (χ4n) is 1.30. The highest BCUT2D eigenvalue weighted by atomic mass is 35.5. The van der Waals surface area contributed by atoms with Gasteiger partial charge in [-0.3, -0.25) is 0 Å². The van der Waals surface area contributed by atoms with Crippen LogP contribution in [0.15, 0.2) is 12.1 Å². The Morgan fingerprint density at radius 2 is 2.14 bits per heavy atom. The molecule has 0 radical (unpaired) electrons. The number of hydrogen-bond acceptors (Lipinski definition) is 2. The van der Waals surface area contributed by atoms with Crippen LogP contribution in [0.4, 0.5) is 0 Å². The molecule has 0 amide bonds. The number of aryl methyl sites for hydroxylation is 1. The second-order valence-electron chi connectivity index (χ2n) is 3.12. The second kappa shape index (κ2) is 5.23. The van der Waals surface area contributed by atoms with Crippen LogP contribution in [0.1, 0.15) is 18.1 Å². The van der Waals surface area contributed by atoms with Crippen molar-refractivity contribution in [2.45, 2.75) is 20.3 Å². The Morgan fingerprint density at radius 1 is 1.43 bits per heavy atom. The van der Waals surface area contributed by atoms with Crippen molar-refractivity contribution in [2.75, 3.05) is 13.2 Å². The van der Waals surface area contributed by atoms with Gasteiger partial charge < -0.3 is 9.84 Å². The van der Waals surface area contributed by atoms with Gasteiger partial charge in [-0.25, -0.2) is 0 Å². The monoisotopic (exact) mass is 214 g/mol. The highest BCUT2D eigenvalue weighted by Gasteiger charge is 2.06. The summed E-state index contributed by atoms with van der Waals surface area (Å²) in [5.41, 5.74) is 1.96. The topological polar surface area (TPSA) is 29.5 Å². The summed E-state index contributed by atoms with van der Waals surface area (Å²) < 4.78 is 5.46. The molecule has 0 aliphatic rings. The zero-order valence-electron chi connectivity index (χ0n) is 8.51. The maximum Gasteiger partial charge on any atom is 0.122 e.